The normalized spacial score (nSPS) is 20.2. The van der Waals surface area contributed by atoms with Crippen LogP contribution in [0.2, 0.25) is 0 Å². The van der Waals surface area contributed by atoms with Crippen LogP contribution in [0.3, 0.4) is 0 Å². The molecule has 12 heteroatoms. The zero-order chi connectivity index (χ0) is 40.7. The molecule has 11 nitrogen and oxygen atoms in total. The lowest BCUT2D eigenvalue weighted by molar-refractivity contribution is -0.161. The van der Waals surface area contributed by atoms with Crippen molar-refractivity contribution < 1.29 is 53.3 Å². The molecule has 1 aliphatic carbocycles. The van der Waals surface area contributed by atoms with Gasteiger partial charge in [-0.1, -0.05) is 154 Å². The molecule has 6 atom stereocenters. The van der Waals surface area contributed by atoms with Crippen molar-refractivity contribution in [2.75, 3.05) is 13.2 Å². The van der Waals surface area contributed by atoms with Gasteiger partial charge in [-0.2, -0.15) is 0 Å². The van der Waals surface area contributed by atoms with E-state index in [0.29, 0.717) is 38.5 Å². The quantitative estimate of drug-likeness (QED) is 0.0178. The Labute approximate surface area is 333 Å². The fourth-order valence-corrected chi connectivity index (χ4v) is 7.50. The van der Waals surface area contributed by atoms with E-state index in [1.54, 1.807) is 6.08 Å². The molecule has 0 aromatic carbocycles. The monoisotopic (exact) mass is 803 g/mol. The van der Waals surface area contributed by atoms with Gasteiger partial charge in [0.1, 0.15) is 6.61 Å². The lowest BCUT2D eigenvalue weighted by atomic mass is 9.89. The third kappa shape index (κ3) is 29.3. The van der Waals surface area contributed by atoms with Crippen LogP contribution in [0.1, 0.15) is 181 Å². The van der Waals surface area contributed by atoms with Crippen LogP contribution in [0.15, 0.2) is 24.3 Å². The average Bonchev–Trinajstić information content (AvgIpc) is 3.39. The molecule has 1 fully saturated rings. The molecule has 0 bridgehead atoms. The summed E-state index contributed by atoms with van der Waals surface area (Å²) < 4.78 is 26.4. The highest BCUT2D eigenvalue weighted by Crippen LogP contribution is 2.37. The molecule has 322 valence electrons. The second-order valence-electron chi connectivity index (χ2n) is 16.1. The van der Waals surface area contributed by atoms with E-state index in [4.69, 9.17) is 19.3 Å². The van der Waals surface area contributed by atoms with Crippen molar-refractivity contribution >= 4 is 19.8 Å². The number of phosphoric ester groups is 1. The molecule has 55 heavy (non-hydrogen) atoms. The molecule has 0 radical (unpaired) electrons. The van der Waals surface area contributed by atoms with E-state index in [1.165, 1.54) is 70.6 Å². The van der Waals surface area contributed by atoms with Crippen LogP contribution in [0.4, 0.5) is 0 Å². The van der Waals surface area contributed by atoms with Gasteiger partial charge < -0.3 is 34.6 Å². The number of hydrogen-bond donors (Lipinski definition) is 5. The Balaban J connectivity index is 2.26. The molecule has 0 heterocycles. The third-order valence-electron chi connectivity index (χ3n) is 10.5. The Bertz CT molecular complexity index is 1070. The predicted octanol–water partition coefficient (Wildman–Crippen LogP) is 9.42. The van der Waals surface area contributed by atoms with Gasteiger partial charge in [-0.25, -0.2) is 4.57 Å². The molecule has 0 aromatic heterocycles. The van der Waals surface area contributed by atoms with E-state index in [2.05, 4.69) is 25.3 Å². The highest BCUT2D eigenvalue weighted by molar-refractivity contribution is 7.46. The van der Waals surface area contributed by atoms with Crippen molar-refractivity contribution in [2.45, 2.75) is 206 Å². The first-order valence-corrected chi connectivity index (χ1v) is 23.3. The van der Waals surface area contributed by atoms with Crippen LogP contribution in [-0.4, -0.2) is 74.7 Å². The first-order valence-electron chi connectivity index (χ1n) is 21.7. The Morgan fingerprint density at radius 1 is 0.727 bits per heavy atom. The molecule has 0 spiro atoms. The van der Waals surface area contributed by atoms with Gasteiger partial charge in [-0.15, -0.1) is 0 Å². The van der Waals surface area contributed by atoms with E-state index < -0.39 is 50.8 Å². The zero-order valence-corrected chi connectivity index (χ0v) is 35.5. The molecule has 0 amide bonds. The van der Waals surface area contributed by atoms with E-state index >= 15 is 0 Å². The standard InChI is InChI=1S/C43H79O11P/c1-4-5-20-26-36(44)30-31-39-38(40(45)32-41(39)46)27-22-18-19-23-28-42(47)52-33-37(34-53-55(49,50)51)54-43(48)29-24-17-15-13-11-9-7-6-8-10-12-14-16-21-25-35(2)3/h18,22,30-31,35-41,44-46H,4-17,19-21,23-29,32-34H2,1-3H3,(H2,49,50,51)/b22-18+,31-30+/t36-,37+,38+,39+,40-,41+/m0/s1. The van der Waals surface area contributed by atoms with Crippen molar-refractivity contribution in [1.29, 1.82) is 0 Å². The van der Waals surface area contributed by atoms with Crippen LogP contribution in [-0.2, 0) is 28.2 Å². The van der Waals surface area contributed by atoms with Gasteiger partial charge in [-0.3, -0.25) is 14.1 Å². The Morgan fingerprint density at radius 3 is 1.87 bits per heavy atom. The van der Waals surface area contributed by atoms with Crippen LogP contribution >= 0.6 is 7.82 Å². The van der Waals surface area contributed by atoms with E-state index in [0.717, 1.165) is 44.4 Å². The lowest BCUT2D eigenvalue weighted by Gasteiger charge is -2.19. The SMILES string of the molecule is CCCCC[C@H](O)/C=C/[C@@H]1[C@@H](C/C=C/CCCC(=O)OC[C@H](COP(=O)(O)O)OC(=O)CCCCCCCCCCCCCCCCC(C)C)[C@@H](O)C[C@H]1O. The summed E-state index contributed by atoms with van der Waals surface area (Å²) >= 11 is 0. The smallest absolute Gasteiger partial charge is 0.462 e. The highest BCUT2D eigenvalue weighted by Gasteiger charge is 2.39. The van der Waals surface area contributed by atoms with Gasteiger partial charge >= 0.3 is 19.8 Å². The maximum Gasteiger partial charge on any atom is 0.469 e. The summed E-state index contributed by atoms with van der Waals surface area (Å²) in [5.41, 5.74) is 0. The summed E-state index contributed by atoms with van der Waals surface area (Å²) in [7, 11) is -4.81. The molecule has 0 unspecified atom stereocenters. The summed E-state index contributed by atoms with van der Waals surface area (Å²) in [6, 6.07) is 0. The first kappa shape index (κ1) is 51.4. The zero-order valence-electron chi connectivity index (χ0n) is 34.6. The second-order valence-corrected chi connectivity index (χ2v) is 17.4. The molecule has 5 N–H and O–H groups in total. The van der Waals surface area contributed by atoms with Gasteiger partial charge in [0.05, 0.1) is 24.9 Å². The number of carbonyl (C=O) groups excluding carboxylic acids is 2. The summed E-state index contributed by atoms with van der Waals surface area (Å²) in [6.45, 7) is 5.72. The molecule has 0 aromatic rings. The van der Waals surface area contributed by atoms with Crippen LogP contribution in [0.5, 0.6) is 0 Å². The first-order chi connectivity index (χ1) is 26.3. The average molecular weight is 803 g/mol. The molecule has 1 saturated carbocycles. The molecule has 0 saturated heterocycles. The van der Waals surface area contributed by atoms with E-state index in [-0.39, 0.29) is 31.3 Å². The minimum Gasteiger partial charge on any atom is -0.462 e. The van der Waals surface area contributed by atoms with Gasteiger partial charge in [0, 0.05) is 25.2 Å². The van der Waals surface area contributed by atoms with Crippen LogP contribution in [0.25, 0.3) is 0 Å². The van der Waals surface area contributed by atoms with Gasteiger partial charge in [-0.05, 0) is 43.9 Å². The largest absolute Gasteiger partial charge is 0.469 e. The number of rotatable bonds is 35. The number of esters is 2. The number of unbranched alkanes of at least 4 members (excludes halogenated alkanes) is 16. The minimum absolute atomic E-state index is 0.0923. The number of phosphoric acid groups is 1. The Hall–Kier alpha value is -1.59. The third-order valence-corrected chi connectivity index (χ3v) is 11.0. The van der Waals surface area contributed by atoms with Crippen molar-refractivity contribution in [1.82, 2.24) is 0 Å². The van der Waals surface area contributed by atoms with E-state index in [9.17, 15) is 29.5 Å². The maximum absolute atomic E-state index is 12.5. The minimum atomic E-state index is -4.81. The van der Waals surface area contributed by atoms with Crippen molar-refractivity contribution in [3.05, 3.63) is 24.3 Å². The number of aliphatic hydroxyl groups is 3. The van der Waals surface area contributed by atoms with E-state index in [1.807, 2.05) is 18.2 Å². The topological polar surface area (TPSA) is 180 Å². The lowest BCUT2D eigenvalue weighted by Crippen LogP contribution is -2.29. The summed E-state index contributed by atoms with van der Waals surface area (Å²) in [4.78, 5) is 43.1. The number of carbonyl (C=O) groups is 2. The number of hydrogen-bond acceptors (Lipinski definition) is 9. The number of ether oxygens (including phenoxy) is 2. The van der Waals surface area contributed by atoms with Crippen molar-refractivity contribution in [3.63, 3.8) is 0 Å². The second kappa shape index (κ2) is 32.4. The molecular formula is C43H79O11P. The molecule has 0 aliphatic heterocycles. The van der Waals surface area contributed by atoms with Crippen molar-refractivity contribution in [3.8, 4) is 0 Å². The maximum atomic E-state index is 12.5. The fourth-order valence-electron chi connectivity index (χ4n) is 7.14. The Kier molecular flexibility index (Phi) is 30.3. The van der Waals surface area contributed by atoms with Gasteiger partial charge in [0.2, 0.25) is 0 Å². The van der Waals surface area contributed by atoms with Crippen LogP contribution in [0, 0.1) is 17.8 Å². The van der Waals surface area contributed by atoms with Gasteiger partial charge in [0.15, 0.2) is 6.10 Å². The number of aliphatic hydroxyl groups excluding tert-OH is 3. The summed E-state index contributed by atoms with van der Waals surface area (Å²) in [6.07, 6.45) is 28.6. The van der Waals surface area contributed by atoms with Crippen LogP contribution < -0.4 is 0 Å². The summed E-state index contributed by atoms with van der Waals surface area (Å²) in [5, 5.41) is 31.2. The van der Waals surface area contributed by atoms with Gasteiger partial charge in [0.25, 0.3) is 0 Å². The number of allylic oxidation sites excluding steroid dienone is 2. The highest BCUT2D eigenvalue weighted by atomic mass is 31.2. The van der Waals surface area contributed by atoms with Crippen molar-refractivity contribution in [2.24, 2.45) is 17.8 Å². The Morgan fingerprint density at radius 2 is 1.29 bits per heavy atom. The summed E-state index contributed by atoms with van der Waals surface area (Å²) in [5.74, 6) is -0.655. The molecular weight excluding hydrogens is 723 g/mol. The predicted molar refractivity (Wildman–Crippen MR) is 218 cm³/mol. The molecule has 1 rings (SSSR count). The fraction of sp³-hybridized carbons (Fsp3) is 0.860. The molecule has 1 aliphatic rings.